The lowest BCUT2D eigenvalue weighted by Crippen LogP contribution is -2.25. The van der Waals surface area contributed by atoms with Crippen LogP contribution in [-0.4, -0.2) is 24.5 Å². The first kappa shape index (κ1) is 9.68. The summed E-state index contributed by atoms with van der Waals surface area (Å²) in [4.78, 5) is 14.4. The van der Waals surface area contributed by atoms with Crippen molar-refractivity contribution in [3.05, 3.63) is 16.5 Å². The number of thiophene rings is 1. The summed E-state index contributed by atoms with van der Waals surface area (Å²) in [6.45, 7) is 3.49. The molecule has 1 aliphatic rings. The number of hydrogen-bond donors (Lipinski definition) is 0. The van der Waals surface area contributed by atoms with Crippen LogP contribution in [0.2, 0.25) is 0 Å². The van der Waals surface area contributed by atoms with Gasteiger partial charge in [-0.15, -0.1) is 11.3 Å². The first-order valence-corrected chi connectivity index (χ1v) is 5.45. The second-order valence-electron chi connectivity index (χ2n) is 3.60. The Morgan fingerprint density at radius 3 is 3.14 bits per heavy atom. The third kappa shape index (κ3) is 1.96. The van der Waals surface area contributed by atoms with Gasteiger partial charge in [0.2, 0.25) is 0 Å². The van der Waals surface area contributed by atoms with E-state index in [2.05, 4.69) is 11.9 Å². The number of rotatable bonds is 1. The molecule has 0 aliphatic carbocycles. The Hall–Kier alpha value is -0.870. The zero-order valence-electron chi connectivity index (χ0n) is 8.37. The van der Waals surface area contributed by atoms with Gasteiger partial charge in [0.25, 0.3) is 0 Å². The molecule has 0 saturated heterocycles. The molecule has 0 fully saturated rings. The van der Waals surface area contributed by atoms with Crippen LogP contribution in [0, 0.1) is 0 Å². The van der Waals surface area contributed by atoms with Crippen molar-refractivity contribution >= 4 is 17.3 Å². The summed E-state index contributed by atoms with van der Waals surface area (Å²) in [6.07, 6.45) is 1.07. The number of fused-ring (bicyclic) bond motifs is 1. The summed E-state index contributed by atoms with van der Waals surface area (Å²) in [5.41, 5.74) is 1.31. The third-order valence-electron chi connectivity index (χ3n) is 2.28. The third-order valence-corrected chi connectivity index (χ3v) is 3.39. The number of hydrogen-bond acceptors (Lipinski definition) is 4. The normalized spacial score (nSPS) is 16.4. The van der Waals surface area contributed by atoms with Gasteiger partial charge in [-0.05, 0) is 25.1 Å². The topological polar surface area (TPSA) is 29.5 Å². The molecule has 3 nitrogen and oxygen atoms in total. The zero-order valence-corrected chi connectivity index (χ0v) is 9.19. The number of likely N-dealkylation sites (N-methyl/N-ethyl adjacent to an activating group) is 1. The van der Waals surface area contributed by atoms with Crippen LogP contribution in [0.4, 0.5) is 0 Å². The van der Waals surface area contributed by atoms with Gasteiger partial charge in [0, 0.05) is 24.9 Å². The Labute approximate surface area is 87.3 Å². The molecule has 0 unspecified atom stereocenters. The minimum absolute atomic E-state index is 0.239. The van der Waals surface area contributed by atoms with Crippen molar-refractivity contribution in [3.63, 3.8) is 0 Å². The summed E-state index contributed by atoms with van der Waals surface area (Å²) >= 11 is 1.60. The molecule has 0 spiro atoms. The molecule has 0 amide bonds. The lowest BCUT2D eigenvalue weighted by molar-refractivity contribution is -0.131. The average molecular weight is 211 g/mol. The van der Waals surface area contributed by atoms with Crippen molar-refractivity contribution in [2.45, 2.75) is 19.9 Å². The first-order valence-electron chi connectivity index (χ1n) is 4.63. The molecule has 14 heavy (non-hydrogen) atoms. The first-order chi connectivity index (χ1) is 6.65. The molecule has 2 rings (SSSR count). The van der Waals surface area contributed by atoms with E-state index in [4.69, 9.17) is 4.74 Å². The number of carbonyl (C=O) groups excluding carboxylic acids is 1. The Kier molecular flexibility index (Phi) is 2.56. The van der Waals surface area contributed by atoms with Gasteiger partial charge in [0.05, 0.1) is 0 Å². The van der Waals surface area contributed by atoms with Crippen molar-refractivity contribution in [1.82, 2.24) is 4.90 Å². The van der Waals surface area contributed by atoms with Crippen LogP contribution in [0.1, 0.15) is 17.4 Å². The molecule has 0 radical (unpaired) electrons. The van der Waals surface area contributed by atoms with Crippen LogP contribution in [0.25, 0.3) is 0 Å². The quantitative estimate of drug-likeness (QED) is 0.662. The molecule has 0 N–H and O–H groups in total. The molecule has 0 saturated carbocycles. The number of ether oxygens (including phenoxy) is 1. The molecule has 0 aromatic carbocycles. The summed E-state index contributed by atoms with van der Waals surface area (Å²) in [7, 11) is 2.10. The van der Waals surface area contributed by atoms with Crippen LogP contribution in [-0.2, 0) is 17.8 Å². The highest BCUT2D eigenvalue weighted by atomic mass is 32.1. The van der Waals surface area contributed by atoms with Gasteiger partial charge < -0.3 is 9.64 Å². The van der Waals surface area contributed by atoms with Gasteiger partial charge >= 0.3 is 5.97 Å². The highest BCUT2D eigenvalue weighted by Gasteiger charge is 2.17. The molecule has 0 atom stereocenters. The number of carbonyl (C=O) groups is 1. The Morgan fingerprint density at radius 1 is 1.64 bits per heavy atom. The van der Waals surface area contributed by atoms with E-state index >= 15 is 0 Å². The molecular weight excluding hydrogens is 198 g/mol. The Balaban J connectivity index is 2.19. The van der Waals surface area contributed by atoms with E-state index < -0.39 is 0 Å². The fourth-order valence-electron chi connectivity index (χ4n) is 1.64. The van der Waals surface area contributed by atoms with Crippen LogP contribution < -0.4 is 4.74 Å². The van der Waals surface area contributed by atoms with Crippen LogP contribution in [0.15, 0.2) is 6.07 Å². The average Bonchev–Trinajstić information content (AvgIpc) is 2.44. The van der Waals surface area contributed by atoms with Gasteiger partial charge in [-0.3, -0.25) is 4.79 Å². The van der Waals surface area contributed by atoms with E-state index in [1.54, 1.807) is 11.3 Å². The van der Waals surface area contributed by atoms with Crippen molar-refractivity contribution < 1.29 is 9.53 Å². The largest absolute Gasteiger partial charge is 0.416 e. The minimum atomic E-state index is -0.239. The van der Waals surface area contributed by atoms with E-state index in [-0.39, 0.29) is 5.97 Å². The molecule has 1 aromatic heterocycles. The molecular formula is C10H13NO2S. The Morgan fingerprint density at radius 2 is 2.43 bits per heavy atom. The zero-order chi connectivity index (χ0) is 10.1. The summed E-state index contributed by atoms with van der Waals surface area (Å²) in [6, 6.07) is 1.98. The summed E-state index contributed by atoms with van der Waals surface area (Å²) < 4.78 is 5.06. The highest BCUT2D eigenvalue weighted by Crippen LogP contribution is 2.32. The predicted molar refractivity (Wildman–Crippen MR) is 55.7 cm³/mol. The van der Waals surface area contributed by atoms with Crippen molar-refractivity contribution in [1.29, 1.82) is 0 Å². The predicted octanol–water partition coefficient (Wildman–Crippen LogP) is 1.66. The highest BCUT2D eigenvalue weighted by molar-refractivity contribution is 7.14. The molecule has 0 bridgehead atoms. The second kappa shape index (κ2) is 3.71. The second-order valence-corrected chi connectivity index (χ2v) is 4.69. The molecule has 1 aliphatic heterocycles. The van der Waals surface area contributed by atoms with Gasteiger partial charge in [0.1, 0.15) is 0 Å². The summed E-state index contributed by atoms with van der Waals surface area (Å²) in [5, 5.41) is 0.734. The van der Waals surface area contributed by atoms with E-state index in [0.717, 1.165) is 24.6 Å². The fourth-order valence-corrected chi connectivity index (χ4v) is 2.69. The fraction of sp³-hybridized carbons (Fsp3) is 0.500. The number of esters is 1. The molecule has 4 heteroatoms. The maximum atomic E-state index is 10.8. The van der Waals surface area contributed by atoms with Crippen LogP contribution >= 0.6 is 11.3 Å². The Bertz CT molecular complexity index is 359. The van der Waals surface area contributed by atoms with Gasteiger partial charge in [-0.2, -0.15) is 0 Å². The van der Waals surface area contributed by atoms with Gasteiger partial charge in [-0.1, -0.05) is 0 Å². The molecule has 2 heterocycles. The van der Waals surface area contributed by atoms with E-state index in [0.29, 0.717) is 0 Å². The smallest absolute Gasteiger partial charge is 0.308 e. The maximum Gasteiger partial charge on any atom is 0.308 e. The lowest BCUT2D eigenvalue weighted by Gasteiger charge is -2.21. The molecule has 1 aromatic rings. The minimum Gasteiger partial charge on any atom is -0.416 e. The van der Waals surface area contributed by atoms with Crippen LogP contribution in [0.5, 0.6) is 5.06 Å². The monoisotopic (exact) mass is 211 g/mol. The van der Waals surface area contributed by atoms with Crippen LogP contribution in [0.3, 0.4) is 0 Å². The SMILES string of the molecule is CC(=O)Oc1cc2c(s1)CCN(C)C2. The molecule has 76 valence electrons. The number of nitrogens with zero attached hydrogens (tertiary/aromatic N) is 1. The maximum absolute atomic E-state index is 10.8. The van der Waals surface area contributed by atoms with E-state index in [1.807, 2.05) is 6.07 Å². The van der Waals surface area contributed by atoms with Crippen molar-refractivity contribution in [2.75, 3.05) is 13.6 Å². The van der Waals surface area contributed by atoms with Crippen molar-refractivity contribution in [2.24, 2.45) is 0 Å². The van der Waals surface area contributed by atoms with Gasteiger partial charge in [-0.25, -0.2) is 0 Å². The van der Waals surface area contributed by atoms with E-state index in [1.165, 1.54) is 17.4 Å². The lowest BCUT2D eigenvalue weighted by atomic mass is 10.1. The standard InChI is InChI=1S/C10H13NO2S/c1-7(12)13-10-5-8-6-11(2)4-3-9(8)14-10/h5H,3-4,6H2,1-2H3. The van der Waals surface area contributed by atoms with E-state index in [9.17, 15) is 4.79 Å². The van der Waals surface area contributed by atoms with Gasteiger partial charge in [0.15, 0.2) is 5.06 Å². The summed E-state index contributed by atoms with van der Waals surface area (Å²) in [5.74, 6) is -0.239. The van der Waals surface area contributed by atoms with Crippen molar-refractivity contribution in [3.8, 4) is 5.06 Å².